The number of aliphatic carboxylic acids is 1. The largest absolute Gasteiger partial charge is 0.481 e. The molecule has 114 valence electrons. The maximum Gasteiger partial charge on any atom is 0.319 e. The lowest BCUT2D eigenvalue weighted by Gasteiger charge is -2.08. The molecular formula is C17H18N2O3. The second-order valence-corrected chi connectivity index (χ2v) is 4.88. The van der Waals surface area contributed by atoms with Crippen LogP contribution in [0.15, 0.2) is 54.6 Å². The number of carbonyl (C=O) groups is 2. The molecule has 0 aromatic heterocycles. The van der Waals surface area contributed by atoms with Crippen molar-refractivity contribution >= 4 is 17.7 Å². The third-order valence-corrected chi connectivity index (χ3v) is 3.11. The number of hydrogen-bond acceptors (Lipinski definition) is 2. The van der Waals surface area contributed by atoms with Crippen LogP contribution >= 0.6 is 0 Å². The molecule has 3 N–H and O–H groups in total. The summed E-state index contributed by atoms with van der Waals surface area (Å²) in [6.45, 7) is 0.549. The second-order valence-electron chi connectivity index (χ2n) is 4.88. The van der Waals surface area contributed by atoms with Crippen molar-refractivity contribution in [3.05, 3.63) is 65.7 Å². The first-order valence-electron chi connectivity index (χ1n) is 7.03. The van der Waals surface area contributed by atoms with E-state index in [1.54, 1.807) is 24.3 Å². The molecule has 2 aromatic carbocycles. The maximum atomic E-state index is 11.7. The maximum absolute atomic E-state index is 11.7. The summed E-state index contributed by atoms with van der Waals surface area (Å²) in [6.07, 6.45) is 0.745. The van der Waals surface area contributed by atoms with Crippen LogP contribution in [0.25, 0.3) is 0 Å². The van der Waals surface area contributed by atoms with Crippen LogP contribution < -0.4 is 10.6 Å². The van der Waals surface area contributed by atoms with Gasteiger partial charge in [-0.15, -0.1) is 0 Å². The number of hydrogen-bond donors (Lipinski definition) is 3. The van der Waals surface area contributed by atoms with E-state index in [-0.39, 0.29) is 12.5 Å². The van der Waals surface area contributed by atoms with Gasteiger partial charge in [0.1, 0.15) is 0 Å². The van der Waals surface area contributed by atoms with E-state index in [1.165, 1.54) is 5.56 Å². The van der Waals surface area contributed by atoms with Gasteiger partial charge in [-0.3, -0.25) is 4.79 Å². The summed E-state index contributed by atoms with van der Waals surface area (Å²) in [5.41, 5.74) is 2.50. The number of rotatable bonds is 6. The molecule has 0 saturated carbocycles. The minimum Gasteiger partial charge on any atom is -0.481 e. The molecule has 0 fully saturated rings. The van der Waals surface area contributed by atoms with Gasteiger partial charge in [0.25, 0.3) is 0 Å². The molecule has 0 radical (unpaired) electrons. The van der Waals surface area contributed by atoms with Crippen LogP contribution in [-0.4, -0.2) is 23.7 Å². The summed E-state index contributed by atoms with van der Waals surface area (Å²) in [5.74, 6) is -0.876. The number of carbonyl (C=O) groups excluding carboxylic acids is 1. The number of benzene rings is 2. The van der Waals surface area contributed by atoms with Gasteiger partial charge in [0.15, 0.2) is 0 Å². The molecule has 0 aliphatic rings. The van der Waals surface area contributed by atoms with Crippen molar-refractivity contribution in [2.24, 2.45) is 0 Å². The Kier molecular flexibility index (Phi) is 5.54. The van der Waals surface area contributed by atoms with Gasteiger partial charge in [-0.2, -0.15) is 0 Å². The zero-order valence-electron chi connectivity index (χ0n) is 12.1. The van der Waals surface area contributed by atoms with E-state index in [0.717, 1.165) is 6.42 Å². The Balaban J connectivity index is 1.75. The van der Waals surface area contributed by atoms with Gasteiger partial charge in [0.05, 0.1) is 6.42 Å². The Hall–Kier alpha value is -2.82. The van der Waals surface area contributed by atoms with Crippen molar-refractivity contribution < 1.29 is 14.7 Å². The van der Waals surface area contributed by atoms with Gasteiger partial charge in [-0.1, -0.05) is 42.5 Å². The van der Waals surface area contributed by atoms with Crippen molar-refractivity contribution in [3.63, 3.8) is 0 Å². The second kappa shape index (κ2) is 7.83. The Morgan fingerprint density at radius 3 is 2.23 bits per heavy atom. The molecule has 22 heavy (non-hydrogen) atoms. The molecule has 0 bridgehead atoms. The normalized spacial score (nSPS) is 10.0. The van der Waals surface area contributed by atoms with E-state index in [4.69, 9.17) is 5.11 Å². The zero-order valence-corrected chi connectivity index (χ0v) is 12.1. The fourth-order valence-electron chi connectivity index (χ4n) is 2.02. The van der Waals surface area contributed by atoms with Crippen LogP contribution in [0.4, 0.5) is 10.5 Å². The van der Waals surface area contributed by atoms with Crippen molar-refractivity contribution in [1.29, 1.82) is 0 Å². The first-order valence-corrected chi connectivity index (χ1v) is 7.03. The standard InChI is InChI=1S/C17H18N2O3/c20-16(21)12-14-6-8-15(9-7-14)19-17(22)18-11-10-13-4-2-1-3-5-13/h1-9H,10-12H2,(H,20,21)(H2,18,19,22). The highest BCUT2D eigenvalue weighted by molar-refractivity contribution is 5.89. The van der Waals surface area contributed by atoms with Crippen LogP contribution in [0.3, 0.4) is 0 Å². The van der Waals surface area contributed by atoms with Crippen molar-refractivity contribution in [2.45, 2.75) is 12.8 Å². The van der Waals surface area contributed by atoms with Gasteiger partial charge in [-0.05, 0) is 29.7 Å². The van der Waals surface area contributed by atoms with E-state index in [1.807, 2.05) is 30.3 Å². The summed E-state index contributed by atoms with van der Waals surface area (Å²) < 4.78 is 0. The summed E-state index contributed by atoms with van der Waals surface area (Å²) in [4.78, 5) is 22.3. The lowest BCUT2D eigenvalue weighted by molar-refractivity contribution is -0.136. The lowest BCUT2D eigenvalue weighted by Crippen LogP contribution is -2.30. The number of anilines is 1. The monoisotopic (exact) mass is 298 g/mol. The molecule has 2 aromatic rings. The number of carboxylic acid groups (broad SMARTS) is 1. The number of carboxylic acids is 1. The van der Waals surface area contributed by atoms with Crippen LogP contribution in [0.1, 0.15) is 11.1 Å². The van der Waals surface area contributed by atoms with Crippen molar-refractivity contribution in [3.8, 4) is 0 Å². The summed E-state index contributed by atoms with van der Waals surface area (Å²) in [6, 6.07) is 16.4. The smallest absolute Gasteiger partial charge is 0.319 e. The topological polar surface area (TPSA) is 78.4 Å². The molecule has 0 heterocycles. The zero-order chi connectivity index (χ0) is 15.8. The molecule has 2 rings (SSSR count). The Bertz CT molecular complexity index is 624. The molecule has 0 aliphatic carbocycles. The summed E-state index contributed by atoms with van der Waals surface area (Å²) in [5, 5.41) is 14.2. The highest BCUT2D eigenvalue weighted by Crippen LogP contribution is 2.10. The summed E-state index contributed by atoms with van der Waals surface area (Å²) >= 11 is 0. The lowest BCUT2D eigenvalue weighted by atomic mass is 10.1. The van der Waals surface area contributed by atoms with Crippen LogP contribution in [-0.2, 0) is 17.6 Å². The first kappa shape index (κ1) is 15.6. The minimum atomic E-state index is -0.876. The average molecular weight is 298 g/mol. The van der Waals surface area contributed by atoms with E-state index < -0.39 is 5.97 Å². The van der Waals surface area contributed by atoms with Gasteiger partial charge in [-0.25, -0.2) is 4.79 Å². The predicted octanol–water partition coefficient (Wildman–Crippen LogP) is 2.68. The van der Waals surface area contributed by atoms with Crippen LogP contribution in [0.5, 0.6) is 0 Å². The summed E-state index contributed by atoms with van der Waals surface area (Å²) in [7, 11) is 0. The Labute approximate surface area is 129 Å². The van der Waals surface area contributed by atoms with Gasteiger partial charge in [0.2, 0.25) is 0 Å². The van der Waals surface area contributed by atoms with Gasteiger partial charge >= 0.3 is 12.0 Å². The SMILES string of the molecule is O=C(O)Cc1ccc(NC(=O)NCCc2ccccc2)cc1. The number of amides is 2. The molecule has 0 unspecified atom stereocenters. The Morgan fingerprint density at radius 2 is 1.59 bits per heavy atom. The van der Waals surface area contributed by atoms with Crippen molar-refractivity contribution in [1.82, 2.24) is 5.32 Å². The minimum absolute atomic E-state index is 0.0243. The van der Waals surface area contributed by atoms with Gasteiger partial charge in [0, 0.05) is 12.2 Å². The van der Waals surface area contributed by atoms with E-state index in [9.17, 15) is 9.59 Å². The molecular weight excluding hydrogens is 280 g/mol. The molecule has 0 saturated heterocycles. The average Bonchev–Trinajstić information content (AvgIpc) is 2.50. The van der Waals surface area contributed by atoms with E-state index >= 15 is 0 Å². The molecule has 0 atom stereocenters. The highest BCUT2D eigenvalue weighted by atomic mass is 16.4. The third-order valence-electron chi connectivity index (χ3n) is 3.11. The first-order chi connectivity index (χ1) is 10.6. The fraction of sp³-hybridized carbons (Fsp3) is 0.176. The van der Waals surface area contributed by atoms with Crippen LogP contribution in [0, 0.1) is 0 Å². The molecule has 0 aliphatic heterocycles. The highest BCUT2D eigenvalue weighted by Gasteiger charge is 2.03. The Morgan fingerprint density at radius 1 is 0.909 bits per heavy atom. The molecule has 5 nitrogen and oxygen atoms in total. The fourth-order valence-corrected chi connectivity index (χ4v) is 2.02. The predicted molar refractivity (Wildman–Crippen MR) is 84.9 cm³/mol. The van der Waals surface area contributed by atoms with Crippen LogP contribution in [0.2, 0.25) is 0 Å². The molecule has 0 spiro atoms. The van der Waals surface area contributed by atoms with Gasteiger partial charge < -0.3 is 15.7 Å². The number of urea groups is 1. The number of nitrogens with one attached hydrogen (secondary N) is 2. The molecule has 2 amide bonds. The van der Waals surface area contributed by atoms with E-state index in [0.29, 0.717) is 17.8 Å². The quantitative estimate of drug-likeness (QED) is 0.767. The third kappa shape index (κ3) is 5.28. The molecule has 5 heteroatoms. The van der Waals surface area contributed by atoms with Crippen molar-refractivity contribution in [2.75, 3.05) is 11.9 Å². The van der Waals surface area contributed by atoms with E-state index in [2.05, 4.69) is 10.6 Å².